The van der Waals surface area contributed by atoms with Gasteiger partial charge in [0.2, 0.25) is 0 Å². The maximum Gasteiger partial charge on any atom is 0.309 e. The molecule has 3 atom stereocenters. The van der Waals surface area contributed by atoms with Gasteiger partial charge in [-0.2, -0.15) is 5.06 Å². The minimum absolute atomic E-state index is 0.0159. The summed E-state index contributed by atoms with van der Waals surface area (Å²) >= 11 is 0. The third-order valence-corrected chi connectivity index (χ3v) is 4.73. The number of esters is 1. The highest BCUT2D eigenvalue weighted by Crippen LogP contribution is 2.49. The standard InChI is InChI=1S/C17H23NO3/c1-3-20-16(19)14-9-15-17(2,10-14)12-21-18(15)11-13-7-5-4-6-8-13/h4-8,14-15H,3,9-12H2,1-2H3. The molecule has 114 valence electrons. The number of hydrogen-bond donors (Lipinski definition) is 0. The molecule has 2 aliphatic rings. The van der Waals surface area contributed by atoms with Gasteiger partial charge in [-0.15, -0.1) is 0 Å². The van der Waals surface area contributed by atoms with E-state index in [0.717, 1.165) is 19.4 Å². The molecule has 4 nitrogen and oxygen atoms in total. The molecule has 0 spiro atoms. The summed E-state index contributed by atoms with van der Waals surface area (Å²) in [6.45, 7) is 6.01. The van der Waals surface area contributed by atoms with E-state index >= 15 is 0 Å². The topological polar surface area (TPSA) is 38.8 Å². The van der Waals surface area contributed by atoms with E-state index < -0.39 is 0 Å². The van der Waals surface area contributed by atoms with E-state index in [2.05, 4.69) is 24.1 Å². The Bertz CT molecular complexity index is 504. The number of rotatable bonds is 4. The van der Waals surface area contributed by atoms with Crippen molar-refractivity contribution in [1.29, 1.82) is 0 Å². The largest absolute Gasteiger partial charge is 0.466 e. The molecule has 3 unspecified atom stereocenters. The van der Waals surface area contributed by atoms with Gasteiger partial charge < -0.3 is 4.74 Å². The number of nitrogens with zero attached hydrogens (tertiary/aromatic N) is 1. The molecule has 0 N–H and O–H groups in total. The lowest BCUT2D eigenvalue weighted by Crippen LogP contribution is -2.33. The maximum absolute atomic E-state index is 12.0. The van der Waals surface area contributed by atoms with E-state index in [1.54, 1.807) is 0 Å². The second-order valence-electron chi connectivity index (χ2n) is 6.39. The van der Waals surface area contributed by atoms with Crippen LogP contribution in [0.15, 0.2) is 30.3 Å². The Hall–Kier alpha value is -1.39. The van der Waals surface area contributed by atoms with Gasteiger partial charge >= 0.3 is 5.97 Å². The molecule has 0 radical (unpaired) electrons. The average Bonchev–Trinajstić information content (AvgIpc) is 2.96. The van der Waals surface area contributed by atoms with Crippen LogP contribution in [0.25, 0.3) is 0 Å². The van der Waals surface area contributed by atoms with E-state index in [1.165, 1.54) is 5.56 Å². The molecular formula is C17H23NO3. The van der Waals surface area contributed by atoms with E-state index in [-0.39, 0.29) is 17.3 Å². The summed E-state index contributed by atoms with van der Waals surface area (Å²) in [5.74, 6) is -0.0325. The lowest BCUT2D eigenvalue weighted by atomic mass is 9.86. The van der Waals surface area contributed by atoms with Gasteiger partial charge in [0.15, 0.2) is 0 Å². The lowest BCUT2D eigenvalue weighted by molar-refractivity contribution is -0.154. The van der Waals surface area contributed by atoms with E-state index in [4.69, 9.17) is 9.57 Å². The Morgan fingerprint density at radius 3 is 2.90 bits per heavy atom. The minimum Gasteiger partial charge on any atom is -0.466 e. The molecule has 0 aromatic heterocycles. The van der Waals surface area contributed by atoms with Crippen LogP contribution in [-0.4, -0.2) is 30.3 Å². The van der Waals surface area contributed by atoms with Crippen LogP contribution < -0.4 is 0 Å². The Labute approximate surface area is 126 Å². The summed E-state index contributed by atoms with van der Waals surface area (Å²) in [6.07, 6.45) is 1.70. The average molecular weight is 289 g/mol. The SMILES string of the molecule is CCOC(=O)C1CC2N(Cc3ccccc3)OCC2(C)C1. The Balaban J connectivity index is 1.69. The molecule has 1 aliphatic carbocycles. The van der Waals surface area contributed by atoms with Crippen molar-refractivity contribution in [1.82, 2.24) is 5.06 Å². The fourth-order valence-corrected chi connectivity index (χ4v) is 3.64. The van der Waals surface area contributed by atoms with Crippen LogP contribution in [0.1, 0.15) is 32.3 Å². The van der Waals surface area contributed by atoms with Gasteiger partial charge in [0, 0.05) is 18.0 Å². The van der Waals surface area contributed by atoms with Crippen LogP contribution in [-0.2, 0) is 20.9 Å². The predicted octanol–water partition coefficient (Wildman–Crippen LogP) is 2.78. The number of carbonyl (C=O) groups is 1. The number of hydrogen-bond acceptors (Lipinski definition) is 4. The normalized spacial score (nSPS) is 32.1. The number of fused-ring (bicyclic) bond motifs is 1. The fourth-order valence-electron chi connectivity index (χ4n) is 3.64. The number of carbonyl (C=O) groups excluding carboxylic acids is 1. The van der Waals surface area contributed by atoms with Crippen LogP contribution in [0.5, 0.6) is 0 Å². The molecule has 1 saturated heterocycles. The van der Waals surface area contributed by atoms with E-state index in [0.29, 0.717) is 19.3 Å². The molecule has 0 bridgehead atoms. The van der Waals surface area contributed by atoms with Crippen molar-refractivity contribution in [3.05, 3.63) is 35.9 Å². The second kappa shape index (κ2) is 5.78. The first-order valence-electron chi connectivity index (χ1n) is 7.72. The van der Waals surface area contributed by atoms with Crippen molar-refractivity contribution < 1.29 is 14.4 Å². The summed E-state index contributed by atoms with van der Waals surface area (Å²) in [6, 6.07) is 10.6. The Kier molecular flexibility index (Phi) is 4.00. The van der Waals surface area contributed by atoms with Crippen LogP contribution in [0.2, 0.25) is 0 Å². The van der Waals surface area contributed by atoms with Gasteiger partial charge in [-0.1, -0.05) is 37.3 Å². The van der Waals surface area contributed by atoms with E-state index in [9.17, 15) is 4.79 Å². The molecule has 1 aliphatic heterocycles. The van der Waals surface area contributed by atoms with Gasteiger partial charge in [0.1, 0.15) is 0 Å². The summed E-state index contributed by atoms with van der Waals surface area (Å²) in [4.78, 5) is 17.9. The highest BCUT2D eigenvalue weighted by Gasteiger charge is 2.54. The molecule has 4 heteroatoms. The lowest BCUT2D eigenvalue weighted by Gasteiger charge is -2.25. The van der Waals surface area contributed by atoms with Gasteiger partial charge in [-0.25, -0.2) is 0 Å². The Morgan fingerprint density at radius 1 is 1.43 bits per heavy atom. The summed E-state index contributed by atoms with van der Waals surface area (Å²) in [5, 5.41) is 2.06. The zero-order chi connectivity index (χ0) is 14.9. The molecule has 1 saturated carbocycles. The molecule has 2 fully saturated rings. The minimum atomic E-state index is -0.0483. The first-order chi connectivity index (χ1) is 10.1. The second-order valence-corrected chi connectivity index (χ2v) is 6.39. The van der Waals surface area contributed by atoms with Crippen molar-refractivity contribution >= 4 is 5.97 Å². The number of ether oxygens (including phenoxy) is 1. The first-order valence-corrected chi connectivity index (χ1v) is 7.72. The predicted molar refractivity (Wildman–Crippen MR) is 79.2 cm³/mol. The summed E-state index contributed by atoms with van der Waals surface area (Å²) in [5.41, 5.74) is 1.30. The fraction of sp³-hybridized carbons (Fsp3) is 0.588. The quantitative estimate of drug-likeness (QED) is 0.799. The monoisotopic (exact) mass is 289 g/mol. The van der Waals surface area contributed by atoms with Crippen LogP contribution in [0.4, 0.5) is 0 Å². The molecule has 3 rings (SSSR count). The third kappa shape index (κ3) is 2.83. The van der Waals surface area contributed by atoms with Gasteiger partial charge in [0.05, 0.1) is 19.1 Å². The Morgan fingerprint density at radius 2 is 2.19 bits per heavy atom. The van der Waals surface area contributed by atoms with Gasteiger partial charge in [-0.3, -0.25) is 9.63 Å². The summed E-state index contributed by atoms with van der Waals surface area (Å²) in [7, 11) is 0. The first kappa shape index (κ1) is 14.5. The maximum atomic E-state index is 12.0. The van der Waals surface area contributed by atoms with Crippen LogP contribution in [0.3, 0.4) is 0 Å². The molecule has 21 heavy (non-hydrogen) atoms. The zero-order valence-corrected chi connectivity index (χ0v) is 12.7. The molecule has 1 heterocycles. The van der Waals surface area contributed by atoms with Gasteiger partial charge in [0.25, 0.3) is 0 Å². The van der Waals surface area contributed by atoms with Crippen LogP contribution in [0, 0.1) is 11.3 Å². The number of hydroxylamine groups is 2. The molecular weight excluding hydrogens is 266 g/mol. The molecule has 1 aromatic carbocycles. The van der Waals surface area contributed by atoms with E-state index in [1.807, 2.05) is 25.1 Å². The molecule has 0 amide bonds. The van der Waals surface area contributed by atoms with Crippen molar-refractivity contribution in [3.63, 3.8) is 0 Å². The smallest absolute Gasteiger partial charge is 0.309 e. The van der Waals surface area contributed by atoms with Crippen LogP contribution >= 0.6 is 0 Å². The van der Waals surface area contributed by atoms with Gasteiger partial charge in [-0.05, 0) is 25.3 Å². The van der Waals surface area contributed by atoms with Crippen molar-refractivity contribution in [2.75, 3.05) is 13.2 Å². The third-order valence-electron chi connectivity index (χ3n) is 4.73. The summed E-state index contributed by atoms with van der Waals surface area (Å²) < 4.78 is 5.19. The highest BCUT2D eigenvalue weighted by molar-refractivity contribution is 5.73. The van der Waals surface area contributed by atoms with Crippen molar-refractivity contribution in [2.45, 2.75) is 39.3 Å². The van der Waals surface area contributed by atoms with Crippen molar-refractivity contribution in [2.24, 2.45) is 11.3 Å². The highest BCUT2D eigenvalue weighted by atomic mass is 16.7. The zero-order valence-electron chi connectivity index (χ0n) is 12.7. The molecule has 1 aromatic rings. The number of benzene rings is 1. The van der Waals surface area contributed by atoms with Crippen molar-refractivity contribution in [3.8, 4) is 0 Å².